The van der Waals surface area contributed by atoms with E-state index in [1.54, 1.807) is 45.8 Å². The third-order valence-corrected chi connectivity index (χ3v) is 5.12. The van der Waals surface area contributed by atoms with Gasteiger partial charge in [0.1, 0.15) is 23.8 Å². The number of aromatic hydroxyl groups is 1. The van der Waals surface area contributed by atoms with E-state index in [9.17, 15) is 9.90 Å². The lowest BCUT2D eigenvalue weighted by Crippen LogP contribution is -2.21. The van der Waals surface area contributed by atoms with Crippen LogP contribution in [0.4, 0.5) is 0 Å². The van der Waals surface area contributed by atoms with E-state index in [0.717, 1.165) is 11.1 Å². The van der Waals surface area contributed by atoms with Crippen LogP contribution in [0.2, 0.25) is 5.15 Å². The van der Waals surface area contributed by atoms with E-state index in [4.69, 9.17) is 27.9 Å². The number of hydrogen-bond acceptors (Lipinski definition) is 5. The molecule has 0 aromatic carbocycles. The lowest BCUT2D eigenvalue weighted by molar-refractivity contribution is -0.521. The highest BCUT2D eigenvalue weighted by molar-refractivity contribution is 6.29. The van der Waals surface area contributed by atoms with Crippen LogP contribution in [-0.2, 0) is 11.3 Å². The zero-order valence-corrected chi connectivity index (χ0v) is 19.3. The van der Waals surface area contributed by atoms with Gasteiger partial charge in [-0.25, -0.2) is 9.55 Å². The van der Waals surface area contributed by atoms with Crippen molar-refractivity contribution in [3.05, 3.63) is 83.1 Å². The lowest BCUT2D eigenvalue weighted by atomic mass is 10.2. The van der Waals surface area contributed by atoms with Gasteiger partial charge in [0.25, 0.3) is 11.3 Å². The number of Topliss-reactive ketones (excluding diaryl/α,β-unsaturated/α-hetero) is 1. The van der Waals surface area contributed by atoms with Crippen LogP contribution in [-0.4, -0.2) is 39.2 Å². The molecule has 4 heterocycles. The molecular weight excluding hydrogens is 451 g/mol. The van der Waals surface area contributed by atoms with Crippen molar-refractivity contribution in [3.63, 3.8) is 0 Å². The number of ether oxygens (including phenoxy) is 1. The summed E-state index contributed by atoms with van der Waals surface area (Å²) in [6.07, 6.45) is 8.73. The van der Waals surface area contributed by atoms with E-state index in [-0.39, 0.29) is 36.1 Å². The summed E-state index contributed by atoms with van der Waals surface area (Å²) in [5.74, 6) is -0.466. The van der Waals surface area contributed by atoms with E-state index in [2.05, 4.69) is 10.3 Å². The van der Waals surface area contributed by atoms with Gasteiger partial charge in [0.05, 0.1) is 12.8 Å². The predicted molar refractivity (Wildman–Crippen MR) is 124 cm³/mol. The first kappa shape index (κ1) is 23.8. The SMILES string of the molecule is CC.O=C(COCC1=CNC(Cl)C=C1)c1c(O)[n+]2ccccc2n1Cc1ccc(Cl)nc1. The molecule has 3 aromatic heterocycles. The molecule has 0 aliphatic carbocycles. The molecule has 1 aliphatic rings. The second-order valence-corrected chi connectivity index (χ2v) is 7.60. The fraction of sp³-hybridized carbons (Fsp3) is 0.261. The number of alkyl halides is 1. The van der Waals surface area contributed by atoms with Crippen LogP contribution in [0.1, 0.15) is 29.9 Å². The Balaban J connectivity index is 0.00000141. The van der Waals surface area contributed by atoms with Crippen molar-refractivity contribution in [2.24, 2.45) is 0 Å². The molecule has 9 heteroatoms. The van der Waals surface area contributed by atoms with Gasteiger partial charge < -0.3 is 15.2 Å². The first-order valence-corrected chi connectivity index (χ1v) is 11.0. The maximum Gasteiger partial charge on any atom is 0.339 e. The van der Waals surface area contributed by atoms with Gasteiger partial charge in [-0.05, 0) is 23.8 Å². The summed E-state index contributed by atoms with van der Waals surface area (Å²) in [6, 6.07) is 8.97. The highest BCUT2D eigenvalue weighted by atomic mass is 35.5. The Morgan fingerprint density at radius 1 is 1.31 bits per heavy atom. The number of halogens is 2. The molecular formula is C23H25Cl2N4O3+. The normalized spacial score (nSPS) is 15.0. The van der Waals surface area contributed by atoms with Crippen LogP contribution in [0.5, 0.6) is 5.88 Å². The molecule has 0 saturated heterocycles. The highest BCUT2D eigenvalue weighted by Gasteiger charge is 2.31. The summed E-state index contributed by atoms with van der Waals surface area (Å²) in [5, 5.41) is 14.1. The van der Waals surface area contributed by atoms with Crippen molar-refractivity contribution in [1.82, 2.24) is 14.9 Å². The van der Waals surface area contributed by atoms with Crippen LogP contribution < -0.4 is 9.72 Å². The first-order valence-electron chi connectivity index (χ1n) is 10.2. The number of dihydropyridines is 1. The lowest BCUT2D eigenvalue weighted by Gasteiger charge is -2.12. The van der Waals surface area contributed by atoms with Gasteiger partial charge in [-0.3, -0.25) is 4.79 Å². The molecule has 0 bridgehead atoms. The zero-order valence-electron chi connectivity index (χ0n) is 17.8. The van der Waals surface area contributed by atoms with Crippen LogP contribution in [0.15, 0.2) is 66.7 Å². The van der Waals surface area contributed by atoms with Crippen molar-refractivity contribution in [2.45, 2.75) is 25.9 Å². The van der Waals surface area contributed by atoms with Crippen LogP contribution >= 0.6 is 23.2 Å². The third kappa shape index (κ3) is 5.48. The molecule has 0 fully saturated rings. The molecule has 0 saturated carbocycles. The first-order chi connectivity index (χ1) is 15.5. The summed E-state index contributed by atoms with van der Waals surface area (Å²) >= 11 is 11.8. The second-order valence-electron chi connectivity index (χ2n) is 6.74. The van der Waals surface area contributed by atoms with Gasteiger partial charge in [-0.15, -0.1) is 0 Å². The Kier molecular flexibility index (Phi) is 8.27. The van der Waals surface area contributed by atoms with Crippen LogP contribution in [0, 0.1) is 0 Å². The number of nitrogens with zero attached hydrogens (tertiary/aromatic N) is 3. The number of carbonyl (C=O) groups is 1. The maximum absolute atomic E-state index is 13.0. The number of carbonyl (C=O) groups excluding carboxylic acids is 1. The molecule has 3 aromatic rings. The molecule has 2 N–H and O–H groups in total. The predicted octanol–water partition coefficient (Wildman–Crippen LogP) is 3.86. The number of ketones is 1. The highest BCUT2D eigenvalue weighted by Crippen LogP contribution is 2.20. The Bertz CT molecular complexity index is 1140. The largest absolute Gasteiger partial charge is 0.474 e. The minimum atomic E-state index is -0.332. The summed E-state index contributed by atoms with van der Waals surface area (Å²) in [7, 11) is 0. The molecule has 0 radical (unpaired) electrons. The molecule has 4 rings (SSSR count). The molecule has 0 amide bonds. The van der Waals surface area contributed by atoms with Gasteiger partial charge in [-0.2, -0.15) is 4.40 Å². The number of aromatic nitrogens is 3. The smallest absolute Gasteiger partial charge is 0.339 e. The minimum Gasteiger partial charge on any atom is -0.474 e. The summed E-state index contributed by atoms with van der Waals surface area (Å²) in [4.78, 5) is 17.1. The molecule has 32 heavy (non-hydrogen) atoms. The van der Waals surface area contributed by atoms with E-state index < -0.39 is 0 Å². The Morgan fingerprint density at radius 3 is 2.81 bits per heavy atom. The number of nitrogens with one attached hydrogen (secondary N) is 1. The monoisotopic (exact) mass is 475 g/mol. The van der Waals surface area contributed by atoms with E-state index in [1.165, 1.54) is 0 Å². The molecule has 168 valence electrons. The number of hydrogen-bond donors (Lipinski definition) is 2. The van der Waals surface area contributed by atoms with Crippen LogP contribution in [0.3, 0.4) is 0 Å². The van der Waals surface area contributed by atoms with E-state index in [1.807, 2.05) is 38.1 Å². The van der Waals surface area contributed by atoms with Gasteiger partial charge in [0.15, 0.2) is 0 Å². The quantitative estimate of drug-likeness (QED) is 0.178. The summed E-state index contributed by atoms with van der Waals surface area (Å²) < 4.78 is 8.89. The molecule has 1 aliphatic heterocycles. The van der Waals surface area contributed by atoms with Crippen LogP contribution in [0.25, 0.3) is 5.65 Å². The van der Waals surface area contributed by atoms with Crippen molar-refractivity contribution >= 4 is 34.6 Å². The Morgan fingerprint density at radius 2 is 2.12 bits per heavy atom. The molecule has 7 nitrogen and oxygen atoms in total. The average Bonchev–Trinajstić information content (AvgIpc) is 3.09. The van der Waals surface area contributed by atoms with Gasteiger partial charge in [-0.1, -0.05) is 55.3 Å². The fourth-order valence-electron chi connectivity index (χ4n) is 3.22. The Hall–Kier alpha value is -2.87. The fourth-order valence-corrected chi connectivity index (χ4v) is 3.47. The van der Waals surface area contributed by atoms with Crippen molar-refractivity contribution < 1.29 is 19.0 Å². The number of rotatable bonds is 7. The summed E-state index contributed by atoms with van der Waals surface area (Å²) in [6.45, 7) is 4.40. The maximum atomic E-state index is 13.0. The molecule has 1 unspecified atom stereocenters. The average molecular weight is 476 g/mol. The van der Waals surface area contributed by atoms with E-state index in [0.29, 0.717) is 17.3 Å². The van der Waals surface area contributed by atoms with Gasteiger partial charge in [0.2, 0.25) is 5.78 Å². The van der Waals surface area contributed by atoms with Gasteiger partial charge in [0, 0.05) is 24.0 Å². The molecule has 0 spiro atoms. The number of imidazole rings is 1. The Labute approximate surface area is 196 Å². The van der Waals surface area contributed by atoms with Crippen molar-refractivity contribution in [2.75, 3.05) is 13.2 Å². The van der Waals surface area contributed by atoms with E-state index >= 15 is 0 Å². The standard InChI is InChI=1S/C21H18Cl2N4O3.C2H6/c22-17-6-4-14(9-24-17)11-27-19-3-1-2-8-26(19)21(29)20(27)16(28)13-30-12-15-5-7-18(23)25-10-15;1-2/h1-10,18,25H,11-13H2;1-2H3/p+1. The third-order valence-electron chi connectivity index (χ3n) is 4.63. The second kappa shape index (κ2) is 11.1. The van der Waals surface area contributed by atoms with Gasteiger partial charge >= 0.3 is 5.88 Å². The molecule has 1 atom stereocenters. The number of pyridine rings is 2. The number of fused-ring (bicyclic) bond motifs is 1. The van der Waals surface area contributed by atoms with Crippen molar-refractivity contribution in [3.8, 4) is 5.88 Å². The zero-order chi connectivity index (χ0) is 23.1. The topological polar surface area (TPSA) is 80.5 Å². The minimum absolute atomic E-state index is 0.135. The van der Waals surface area contributed by atoms with Crippen molar-refractivity contribution in [1.29, 1.82) is 0 Å². The summed E-state index contributed by atoms with van der Waals surface area (Å²) in [5.41, 5.74) is 2.30.